The lowest BCUT2D eigenvalue weighted by atomic mass is 10.2. The van der Waals surface area contributed by atoms with Crippen molar-refractivity contribution in [1.82, 2.24) is 5.32 Å². The van der Waals surface area contributed by atoms with E-state index in [0.29, 0.717) is 11.7 Å². The summed E-state index contributed by atoms with van der Waals surface area (Å²) < 4.78 is 5.71. The van der Waals surface area contributed by atoms with E-state index in [4.69, 9.17) is 4.74 Å². The SMILES string of the molecule is CNC(=O)c1cc(OC2CC2)cc(SC)c1. The van der Waals surface area contributed by atoms with Crippen LogP contribution in [0.25, 0.3) is 0 Å². The number of nitrogens with one attached hydrogen (secondary N) is 1. The molecule has 3 nitrogen and oxygen atoms in total. The molecule has 0 saturated heterocycles. The second kappa shape index (κ2) is 4.78. The molecule has 86 valence electrons. The lowest BCUT2D eigenvalue weighted by Gasteiger charge is -2.08. The summed E-state index contributed by atoms with van der Waals surface area (Å²) in [4.78, 5) is 12.6. The van der Waals surface area contributed by atoms with Crippen LogP contribution in [-0.2, 0) is 0 Å². The van der Waals surface area contributed by atoms with Gasteiger partial charge in [0.05, 0.1) is 6.10 Å². The molecule has 1 N–H and O–H groups in total. The van der Waals surface area contributed by atoms with Gasteiger partial charge in [-0.2, -0.15) is 0 Å². The Labute approximate surface area is 99.6 Å². The third kappa shape index (κ3) is 2.70. The molecular formula is C12H15NO2S. The maximum absolute atomic E-state index is 11.6. The average Bonchev–Trinajstić information content (AvgIpc) is 3.11. The molecule has 0 aliphatic heterocycles. The Morgan fingerprint density at radius 3 is 2.75 bits per heavy atom. The smallest absolute Gasteiger partial charge is 0.251 e. The number of hydrogen-bond acceptors (Lipinski definition) is 3. The summed E-state index contributed by atoms with van der Waals surface area (Å²) in [7, 11) is 1.63. The van der Waals surface area contributed by atoms with Crippen molar-refractivity contribution in [3.63, 3.8) is 0 Å². The standard InChI is InChI=1S/C12H15NO2S/c1-13-12(14)8-5-10(15-9-3-4-9)7-11(6-8)16-2/h5-7,9H,3-4H2,1-2H3,(H,13,14). The van der Waals surface area contributed by atoms with Gasteiger partial charge in [0.2, 0.25) is 0 Å². The minimum Gasteiger partial charge on any atom is -0.490 e. The number of thioether (sulfide) groups is 1. The predicted octanol–water partition coefficient (Wildman–Crippen LogP) is 2.31. The van der Waals surface area contributed by atoms with Crippen LogP contribution in [0.4, 0.5) is 0 Å². The van der Waals surface area contributed by atoms with Gasteiger partial charge in [0.1, 0.15) is 5.75 Å². The molecule has 1 aromatic carbocycles. The van der Waals surface area contributed by atoms with E-state index in [1.807, 2.05) is 18.4 Å². The van der Waals surface area contributed by atoms with Crippen LogP contribution in [0.2, 0.25) is 0 Å². The highest BCUT2D eigenvalue weighted by atomic mass is 32.2. The molecule has 1 aliphatic carbocycles. The van der Waals surface area contributed by atoms with Gasteiger partial charge in [-0.3, -0.25) is 4.79 Å². The zero-order valence-corrected chi connectivity index (χ0v) is 10.3. The molecule has 0 aromatic heterocycles. The van der Waals surface area contributed by atoms with E-state index < -0.39 is 0 Å². The molecule has 0 bridgehead atoms. The molecule has 2 rings (SSSR count). The summed E-state index contributed by atoms with van der Waals surface area (Å²) >= 11 is 1.61. The topological polar surface area (TPSA) is 38.3 Å². The van der Waals surface area contributed by atoms with Crippen molar-refractivity contribution < 1.29 is 9.53 Å². The number of benzene rings is 1. The molecule has 1 amide bonds. The molecular weight excluding hydrogens is 222 g/mol. The van der Waals surface area contributed by atoms with Crippen LogP contribution >= 0.6 is 11.8 Å². The largest absolute Gasteiger partial charge is 0.490 e. The third-order valence-electron chi connectivity index (χ3n) is 2.43. The Bertz CT molecular complexity index is 402. The number of rotatable bonds is 4. The Balaban J connectivity index is 2.25. The highest BCUT2D eigenvalue weighted by Crippen LogP contribution is 2.30. The zero-order valence-electron chi connectivity index (χ0n) is 9.45. The van der Waals surface area contributed by atoms with Crippen LogP contribution < -0.4 is 10.1 Å². The molecule has 0 heterocycles. The van der Waals surface area contributed by atoms with Crippen LogP contribution in [0.3, 0.4) is 0 Å². The minimum absolute atomic E-state index is 0.0726. The molecule has 1 aliphatic rings. The highest BCUT2D eigenvalue weighted by Gasteiger charge is 2.24. The van der Waals surface area contributed by atoms with E-state index in [-0.39, 0.29) is 5.91 Å². The van der Waals surface area contributed by atoms with E-state index in [2.05, 4.69) is 5.32 Å². The van der Waals surface area contributed by atoms with E-state index in [1.165, 1.54) is 0 Å². The summed E-state index contributed by atoms with van der Waals surface area (Å²) in [6.07, 6.45) is 4.59. The molecule has 1 saturated carbocycles. The first kappa shape index (κ1) is 11.3. The van der Waals surface area contributed by atoms with E-state index in [9.17, 15) is 4.79 Å². The molecule has 0 spiro atoms. The van der Waals surface area contributed by atoms with E-state index in [1.54, 1.807) is 24.9 Å². The van der Waals surface area contributed by atoms with Gasteiger partial charge in [-0.25, -0.2) is 0 Å². The van der Waals surface area contributed by atoms with Gasteiger partial charge in [0.15, 0.2) is 0 Å². The Morgan fingerprint density at radius 1 is 1.44 bits per heavy atom. The Hall–Kier alpha value is -1.16. The molecule has 0 atom stereocenters. The number of amides is 1. The normalized spacial score (nSPS) is 14.6. The maximum atomic E-state index is 11.6. The molecule has 1 fully saturated rings. The number of carbonyl (C=O) groups excluding carboxylic acids is 1. The van der Waals surface area contributed by atoms with Crippen molar-refractivity contribution in [2.75, 3.05) is 13.3 Å². The van der Waals surface area contributed by atoms with Crippen LogP contribution in [0, 0.1) is 0 Å². The van der Waals surface area contributed by atoms with Crippen LogP contribution in [0.15, 0.2) is 23.1 Å². The second-order valence-corrected chi connectivity index (χ2v) is 4.67. The fourth-order valence-electron chi connectivity index (χ4n) is 1.41. The summed E-state index contributed by atoms with van der Waals surface area (Å²) in [5, 5.41) is 2.62. The van der Waals surface area contributed by atoms with Gasteiger partial charge in [0.25, 0.3) is 5.91 Å². The van der Waals surface area contributed by atoms with Crippen molar-refractivity contribution in [2.45, 2.75) is 23.8 Å². The fraction of sp³-hybridized carbons (Fsp3) is 0.417. The summed E-state index contributed by atoms with van der Waals surface area (Å²) in [6, 6.07) is 5.66. The quantitative estimate of drug-likeness (QED) is 0.817. The Morgan fingerprint density at radius 2 is 2.19 bits per heavy atom. The molecule has 0 radical (unpaired) electrons. The Kier molecular flexibility index (Phi) is 3.39. The van der Waals surface area contributed by atoms with E-state index >= 15 is 0 Å². The second-order valence-electron chi connectivity index (χ2n) is 3.79. The van der Waals surface area contributed by atoms with Crippen molar-refractivity contribution in [3.05, 3.63) is 23.8 Å². The molecule has 4 heteroatoms. The van der Waals surface area contributed by atoms with Gasteiger partial charge in [-0.05, 0) is 37.3 Å². The predicted molar refractivity (Wildman–Crippen MR) is 65.3 cm³/mol. The fourth-order valence-corrected chi connectivity index (χ4v) is 1.89. The van der Waals surface area contributed by atoms with E-state index in [0.717, 1.165) is 23.5 Å². The highest BCUT2D eigenvalue weighted by molar-refractivity contribution is 7.98. The minimum atomic E-state index is -0.0726. The first-order valence-electron chi connectivity index (χ1n) is 5.30. The van der Waals surface area contributed by atoms with Crippen molar-refractivity contribution in [1.29, 1.82) is 0 Å². The molecule has 0 unspecified atom stereocenters. The first-order valence-corrected chi connectivity index (χ1v) is 6.53. The van der Waals surface area contributed by atoms with Crippen molar-refractivity contribution >= 4 is 17.7 Å². The molecule has 1 aromatic rings. The van der Waals surface area contributed by atoms with Crippen LogP contribution in [-0.4, -0.2) is 25.3 Å². The lowest BCUT2D eigenvalue weighted by molar-refractivity contribution is 0.0962. The lowest BCUT2D eigenvalue weighted by Crippen LogP contribution is -2.17. The average molecular weight is 237 g/mol. The summed E-state index contributed by atoms with van der Waals surface area (Å²) in [6.45, 7) is 0. The van der Waals surface area contributed by atoms with Crippen molar-refractivity contribution in [2.24, 2.45) is 0 Å². The molecule has 16 heavy (non-hydrogen) atoms. The van der Waals surface area contributed by atoms with Crippen LogP contribution in [0.1, 0.15) is 23.2 Å². The maximum Gasteiger partial charge on any atom is 0.251 e. The number of carbonyl (C=O) groups is 1. The van der Waals surface area contributed by atoms with Crippen LogP contribution in [0.5, 0.6) is 5.75 Å². The summed E-state index contributed by atoms with van der Waals surface area (Å²) in [5.41, 5.74) is 0.657. The third-order valence-corrected chi connectivity index (χ3v) is 3.14. The monoisotopic (exact) mass is 237 g/mol. The van der Waals surface area contributed by atoms with Gasteiger partial charge >= 0.3 is 0 Å². The summed E-state index contributed by atoms with van der Waals surface area (Å²) in [5.74, 6) is 0.726. The van der Waals surface area contributed by atoms with Gasteiger partial charge in [0, 0.05) is 17.5 Å². The van der Waals surface area contributed by atoms with Gasteiger partial charge in [-0.1, -0.05) is 0 Å². The first-order chi connectivity index (χ1) is 7.72. The zero-order chi connectivity index (χ0) is 11.5. The van der Waals surface area contributed by atoms with Crippen molar-refractivity contribution in [3.8, 4) is 5.75 Å². The van der Waals surface area contributed by atoms with Gasteiger partial charge in [-0.15, -0.1) is 11.8 Å². The van der Waals surface area contributed by atoms with Gasteiger partial charge < -0.3 is 10.1 Å². The number of hydrogen-bond donors (Lipinski definition) is 1. The number of ether oxygens (including phenoxy) is 1.